The Labute approximate surface area is 154 Å². The largest absolute Gasteiger partial charge is 0.497 e. The van der Waals surface area contributed by atoms with E-state index in [1.54, 1.807) is 32.4 Å². The number of likely N-dealkylation sites (tertiary alicyclic amines) is 1. The summed E-state index contributed by atoms with van der Waals surface area (Å²) in [6.45, 7) is 4.38. The second kappa shape index (κ2) is 10.0. The molecule has 1 heterocycles. The highest BCUT2D eigenvalue weighted by atomic mass is 16.5. The van der Waals surface area contributed by atoms with Crippen LogP contribution in [-0.2, 0) is 14.3 Å². The Balaban J connectivity index is 1.84. The van der Waals surface area contributed by atoms with E-state index in [4.69, 9.17) is 14.2 Å². The first-order chi connectivity index (χ1) is 12.6. The molecule has 26 heavy (non-hydrogen) atoms. The second-order valence-corrected chi connectivity index (χ2v) is 6.26. The van der Waals surface area contributed by atoms with Crippen molar-refractivity contribution in [1.29, 1.82) is 0 Å². The molecule has 0 aromatic heterocycles. The summed E-state index contributed by atoms with van der Waals surface area (Å²) in [6.07, 6.45) is 2.15. The molecule has 0 radical (unpaired) electrons. The van der Waals surface area contributed by atoms with Crippen molar-refractivity contribution >= 4 is 17.6 Å². The number of esters is 1. The van der Waals surface area contributed by atoms with Crippen LogP contribution in [0.3, 0.4) is 0 Å². The lowest BCUT2D eigenvalue weighted by Crippen LogP contribution is -2.40. The molecule has 1 aliphatic rings. The van der Waals surface area contributed by atoms with Crippen molar-refractivity contribution in [3.63, 3.8) is 0 Å². The van der Waals surface area contributed by atoms with E-state index in [2.05, 4.69) is 10.2 Å². The average molecular weight is 364 g/mol. The molecule has 144 valence electrons. The Morgan fingerprint density at radius 2 is 2.08 bits per heavy atom. The molecular formula is C19H28N2O5. The number of carbonyl (C=O) groups excluding carboxylic acids is 2. The molecule has 0 bridgehead atoms. The third-order valence-electron chi connectivity index (χ3n) is 4.46. The molecule has 0 aliphatic carbocycles. The van der Waals surface area contributed by atoms with Gasteiger partial charge in [-0.1, -0.05) is 0 Å². The van der Waals surface area contributed by atoms with Crippen LogP contribution < -0.4 is 14.8 Å². The Bertz CT molecular complexity index is 620. The normalized spacial score (nSPS) is 17.4. The molecule has 0 spiro atoms. The van der Waals surface area contributed by atoms with Crippen molar-refractivity contribution in [3.8, 4) is 11.5 Å². The van der Waals surface area contributed by atoms with Crippen LogP contribution in [0, 0.1) is 5.92 Å². The maximum Gasteiger partial charge on any atom is 0.310 e. The monoisotopic (exact) mass is 364 g/mol. The first-order valence-electron chi connectivity index (χ1n) is 8.98. The third kappa shape index (κ3) is 5.62. The van der Waals surface area contributed by atoms with Crippen LogP contribution in [0.2, 0.25) is 0 Å². The number of amides is 1. The van der Waals surface area contributed by atoms with Crippen LogP contribution in [0.4, 0.5) is 5.69 Å². The highest BCUT2D eigenvalue weighted by Gasteiger charge is 2.26. The first-order valence-corrected chi connectivity index (χ1v) is 8.98. The summed E-state index contributed by atoms with van der Waals surface area (Å²) in [5.41, 5.74) is 0.612. The molecule has 0 saturated carbocycles. The summed E-state index contributed by atoms with van der Waals surface area (Å²) in [4.78, 5) is 26.3. The van der Waals surface area contributed by atoms with Gasteiger partial charge in [0.15, 0.2) is 0 Å². The lowest BCUT2D eigenvalue weighted by molar-refractivity contribution is -0.149. The van der Waals surface area contributed by atoms with Gasteiger partial charge in [-0.15, -0.1) is 0 Å². The standard InChI is InChI=1S/C19H28N2O5/c1-4-26-19(23)14-6-5-10-21(13-14)11-9-18(22)20-16-8-7-15(24-2)12-17(16)25-3/h7-8,12,14H,4-6,9-11,13H2,1-3H3,(H,20,22)/t14-/m1/s1. The number of benzene rings is 1. The highest BCUT2D eigenvalue weighted by molar-refractivity contribution is 5.92. The molecular weight excluding hydrogens is 336 g/mol. The molecule has 0 unspecified atom stereocenters. The fourth-order valence-corrected chi connectivity index (χ4v) is 3.09. The number of hydrogen-bond acceptors (Lipinski definition) is 6. The van der Waals surface area contributed by atoms with Gasteiger partial charge in [-0.25, -0.2) is 0 Å². The minimum absolute atomic E-state index is 0.0894. The fraction of sp³-hybridized carbons (Fsp3) is 0.579. The number of piperidine rings is 1. The Hall–Kier alpha value is -2.28. The third-order valence-corrected chi connectivity index (χ3v) is 4.46. The Morgan fingerprint density at radius 1 is 1.27 bits per heavy atom. The van der Waals surface area contributed by atoms with E-state index in [9.17, 15) is 9.59 Å². The van der Waals surface area contributed by atoms with E-state index in [-0.39, 0.29) is 17.8 Å². The van der Waals surface area contributed by atoms with Crippen molar-refractivity contribution < 1.29 is 23.8 Å². The SMILES string of the molecule is CCOC(=O)[C@@H]1CCCN(CCC(=O)Nc2ccc(OC)cc2OC)C1. The number of nitrogens with one attached hydrogen (secondary N) is 1. The van der Waals surface area contributed by atoms with Gasteiger partial charge in [0.2, 0.25) is 5.91 Å². The van der Waals surface area contributed by atoms with Crippen molar-refractivity contribution in [2.45, 2.75) is 26.2 Å². The Kier molecular flexibility index (Phi) is 7.72. The van der Waals surface area contributed by atoms with E-state index < -0.39 is 0 Å². The van der Waals surface area contributed by atoms with Gasteiger partial charge >= 0.3 is 5.97 Å². The lowest BCUT2D eigenvalue weighted by atomic mass is 9.98. The highest BCUT2D eigenvalue weighted by Crippen LogP contribution is 2.29. The van der Waals surface area contributed by atoms with Gasteiger partial charge in [-0.05, 0) is 38.4 Å². The number of rotatable bonds is 8. The van der Waals surface area contributed by atoms with E-state index >= 15 is 0 Å². The number of nitrogens with zero attached hydrogens (tertiary/aromatic N) is 1. The van der Waals surface area contributed by atoms with Gasteiger partial charge in [0.05, 0.1) is 32.4 Å². The van der Waals surface area contributed by atoms with Crippen molar-refractivity contribution in [1.82, 2.24) is 4.90 Å². The molecule has 2 rings (SSSR count). The number of methoxy groups -OCH3 is 2. The molecule has 7 nitrogen and oxygen atoms in total. The summed E-state index contributed by atoms with van der Waals surface area (Å²) in [7, 11) is 3.13. The minimum Gasteiger partial charge on any atom is -0.497 e. The molecule has 1 fully saturated rings. The van der Waals surface area contributed by atoms with Crippen LogP contribution in [0.1, 0.15) is 26.2 Å². The summed E-state index contributed by atoms with van der Waals surface area (Å²) in [5.74, 6) is 0.904. The first kappa shape index (κ1) is 20.0. The number of hydrogen-bond donors (Lipinski definition) is 1. The molecule has 1 saturated heterocycles. The molecule has 1 atom stereocenters. The minimum atomic E-state index is -0.135. The summed E-state index contributed by atoms with van der Waals surface area (Å²) >= 11 is 0. The van der Waals surface area contributed by atoms with Crippen LogP contribution in [0.15, 0.2) is 18.2 Å². The van der Waals surface area contributed by atoms with Crippen LogP contribution in [0.25, 0.3) is 0 Å². The number of anilines is 1. The van der Waals surface area contributed by atoms with Gasteiger partial charge < -0.3 is 24.4 Å². The molecule has 1 aromatic carbocycles. The fourth-order valence-electron chi connectivity index (χ4n) is 3.09. The summed E-state index contributed by atoms with van der Waals surface area (Å²) in [6, 6.07) is 5.25. The number of carbonyl (C=O) groups is 2. The average Bonchev–Trinajstić information content (AvgIpc) is 2.67. The zero-order valence-corrected chi connectivity index (χ0v) is 15.7. The quantitative estimate of drug-likeness (QED) is 0.714. The molecule has 7 heteroatoms. The maximum atomic E-state index is 12.3. The van der Waals surface area contributed by atoms with Crippen LogP contribution in [-0.4, -0.2) is 57.2 Å². The summed E-state index contributed by atoms with van der Waals surface area (Å²) in [5, 5.41) is 2.87. The smallest absolute Gasteiger partial charge is 0.310 e. The predicted molar refractivity (Wildman–Crippen MR) is 98.6 cm³/mol. The van der Waals surface area contributed by atoms with Crippen molar-refractivity contribution in [2.75, 3.05) is 45.8 Å². The van der Waals surface area contributed by atoms with Gasteiger partial charge in [0.25, 0.3) is 0 Å². The second-order valence-electron chi connectivity index (χ2n) is 6.26. The van der Waals surface area contributed by atoms with Gasteiger partial charge in [-0.3, -0.25) is 9.59 Å². The molecule has 1 N–H and O–H groups in total. The van der Waals surface area contributed by atoms with Gasteiger partial charge in [0, 0.05) is 25.6 Å². The van der Waals surface area contributed by atoms with Crippen molar-refractivity contribution in [3.05, 3.63) is 18.2 Å². The van der Waals surface area contributed by atoms with Crippen LogP contribution in [0.5, 0.6) is 11.5 Å². The van der Waals surface area contributed by atoms with E-state index in [0.29, 0.717) is 43.3 Å². The zero-order chi connectivity index (χ0) is 18.9. The predicted octanol–water partition coefficient (Wildman–Crippen LogP) is 2.31. The van der Waals surface area contributed by atoms with E-state index in [0.717, 1.165) is 19.4 Å². The number of ether oxygens (including phenoxy) is 3. The molecule has 1 aliphatic heterocycles. The Morgan fingerprint density at radius 3 is 2.77 bits per heavy atom. The molecule has 1 amide bonds. The van der Waals surface area contributed by atoms with Crippen LogP contribution >= 0.6 is 0 Å². The molecule has 1 aromatic rings. The van der Waals surface area contributed by atoms with Gasteiger partial charge in [-0.2, -0.15) is 0 Å². The zero-order valence-electron chi connectivity index (χ0n) is 15.7. The topological polar surface area (TPSA) is 77.1 Å². The van der Waals surface area contributed by atoms with Gasteiger partial charge in [0.1, 0.15) is 11.5 Å². The lowest BCUT2D eigenvalue weighted by Gasteiger charge is -2.31. The van der Waals surface area contributed by atoms with Crippen molar-refractivity contribution in [2.24, 2.45) is 5.92 Å². The van der Waals surface area contributed by atoms with E-state index in [1.807, 2.05) is 6.92 Å². The summed E-state index contributed by atoms with van der Waals surface area (Å²) < 4.78 is 15.6. The maximum absolute atomic E-state index is 12.3. The van der Waals surface area contributed by atoms with E-state index in [1.165, 1.54) is 0 Å².